The van der Waals surface area contributed by atoms with E-state index in [-0.39, 0.29) is 11.9 Å². The topological polar surface area (TPSA) is 32.3 Å². The van der Waals surface area contributed by atoms with Crippen LogP contribution in [0.1, 0.15) is 5.56 Å². The van der Waals surface area contributed by atoms with Crippen molar-refractivity contribution in [1.82, 2.24) is 10.2 Å². The van der Waals surface area contributed by atoms with Crippen molar-refractivity contribution in [2.45, 2.75) is 6.04 Å². The normalized spacial score (nSPS) is 18.4. The zero-order valence-electron chi connectivity index (χ0n) is 10.5. The Bertz CT molecular complexity index is 451. The van der Waals surface area contributed by atoms with Gasteiger partial charge in [-0.2, -0.15) is 0 Å². The fraction of sp³-hybridized carbons (Fsp3) is 0.267. The van der Waals surface area contributed by atoms with Crippen LogP contribution in [0.15, 0.2) is 48.6 Å². The van der Waals surface area contributed by atoms with Crippen molar-refractivity contribution in [1.29, 1.82) is 0 Å². The molecule has 1 aliphatic rings. The van der Waals surface area contributed by atoms with Gasteiger partial charge in [0.25, 0.3) is 0 Å². The van der Waals surface area contributed by atoms with Gasteiger partial charge in [-0.3, -0.25) is 10.1 Å². The minimum Gasteiger partial charge on any atom is -0.340 e. The van der Waals surface area contributed by atoms with Crippen LogP contribution in [0.5, 0.6) is 0 Å². The molecule has 0 unspecified atom stereocenters. The van der Waals surface area contributed by atoms with Crippen LogP contribution in [-0.2, 0) is 4.79 Å². The fourth-order valence-corrected chi connectivity index (χ4v) is 1.88. The van der Waals surface area contributed by atoms with E-state index in [2.05, 4.69) is 5.32 Å². The first-order chi connectivity index (χ1) is 8.77. The lowest BCUT2D eigenvalue weighted by Gasteiger charge is -2.18. The molecule has 3 nitrogen and oxygen atoms in total. The summed E-state index contributed by atoms with van der Waals surface area (Å²) in [4.78, 5) is 13.7. The van der Waals surface area contributed by atoms with E-state index in [0.29, 0.717) is 6.54 Å². The van der Waals surface area contributed by atoms with Gasteiger partial charge in [0.2, 0.25) is 5.91 Å². The molecule has 1 amide bonds. The molecule has 3 heteroatoms. The summed E-state index contributed by atoms with van der Waals surface area (Å²) in [6, 6.07) is 9.92. The number of benzene rings is 1. The molecule has 1 heterocycles. The summed E-state index contributed by atoms with van der Waals surface area (Å²) in [5.74, 6) is 0.112. The molecule has 94 valence electrons. The van der Waals surface area contributed by atoms with Crippen LogP contribution in [0.3, 0.4) is 0 Å². The van der Waals surface area contributed by atoms with E-state index in [1.54, 1.807) is 4.90 Å². The maximum atomic E-state index is 12.0. The van der Waals surface area contributed by atoms with Crippen LogP contribution < -0.4 is 5.32 Å². The monoisotopic (exact) mass is 242 g/mol. The highest BCUT2D eigenvalue weighted by Crippen LogP contribution is 2.03. The van der Waals surface area contributed by atoms with Crippen LogP contribution in [0.25, 0.3) is 6.08 Å². The zero-order valence-corrected chi connectivity index (χ0v) is 10.5. The maximum absolute atomic E-state index is 12.0. The van der Waals surface area contributed by atoms with Gasteiger partial charge in [-0.15, -0.1) is 0 Å². The summed E-state index contributed by atoms with van der Waals surface area (Å²) in [7, 11) is 1.82. The summed E-state index contributed by atoms with van der Waals surface area (Å²) in [6.07, 6.45) is 7.93. The molecule has 0 spiro atoms. The molecule has 1 atom stereocenters. The second-order valence-corrected chi connectivity index (χ2v) is 4.35. The van der Waals surface area contributed by atoms with Gasteiger partial charge in [0, 0.05) is 20.1 Å². The lowest BCUT2D eigenvalue weighted by atomic mass is 10.2. The molecule has 0 aromatic heterocycles. The lowest BCUT2D eigenvalue weighted by molar-refractivity contribution is -0.130. The summed E-state index contributed by atoms with van der Waals surface area (Å²) in [6.45, 7) is 1.41. The van der Waals surface area contributed by atoms with E-state index in [1.165, 1.54) is 0 Å². The van der Waals surface area contributed by atoms with Crippen LogP contribution in [0.2, 0.25) is 0 Å². The molecule has 0 bridgehead atoms. The van der Waals surface area contributed by atoms with E-state index in [0.717, 1.165) is 12.1 Å². The Morgan fingerprint density at radius 3 is 2.89 bits per heavy atom. The average molecular weight is 242 g/mol. The fourth-order valence-electron chi connectivity index (χ4n) is 1.88. The van der Waals surface area contributed by atoms with Crippen molar-refractivity contribution >= 4 is 12.0 Å². The highest BCUT2D eigenvalue weighted by molar-refractivity contribution is 5.84. The van der Waals surface area contributed by atoms with Gasteiger partial charge in [-0.25, -0.2) is 0 Å². The van der Waals surface area contributed by atoms with Gasteiger partial charge < -0.3 is 4.90 Å². The predicted molar refractivity (Wildman–Crippen MR) is 74.0 cm³/mol. The number of amides is 1. The van der Waals surface area contributed by atoms with Crippen molar-refractivity contribution in [2.75, 3.05) is 20.1 Å². The zero-order chi connectivity index (χ0) is 12.8. The van der Waals surface area contributed by atoms with Crippen molar-refractivity contribution < 1.29 is 4.79 Å². The number of nitrogens with zero attached hydrogens (tertiary/aromatic N) is 1. The molecule has 1 N–H and O–H groups in total. The number of hydrogen-bond acceptors (Lipinski definition) is 2. The van der Waals surface area contributed by atoms with E-state index < -0.39 is 0 Å². The number of hydrogen-bond donors (Lipinski definition) is 1. The van der Waals surface area contributed by atoms with Gasteiger partial charge in [-0.05, 0) is 5.56 Å². The Balaban J connectivity index is 1.84. The number of likely N-dealkylation sites (N-methyl/N-ethyl adjacent to an activating group) is 1. The molecule has 0 radical (unpaired) electrons. The summed E-state index contributed by atoms with van der Waals surface area (Å²) in [5.41, 5.74) is 1.15. The number of carbonyl (C=O) groups excluding carboxylic acids is 1. The highest BCUT2D eigenvalue weighted by Gasteiger charge is 2.20. The first-order valence-electron chi connectivity index (χ1n) is 6.14. The second-order valence-electron chi connectivity index (χ2n) is 4.35. The van der Waals surface area contributed by atoms with Crippen LogP contribution in [0, 0.1) is 0 Å². The van der Waals surface area contributed by atoms with Gasteiger partial charge in [0.1, 0.15) is 6.04 Å². The lowest BCUT2D eigenvalue weighted by Crippen LogP contribution is -2.41. The Morgan fingerprint density at radius 1 is 1.44 bits per heavy atom. The van der Waals surface area contributed by atoms with Crippen molar-refractivity contribution in [3.05, 3.63) is 54.1 Å². The summed E-state index contributed by atoms with van der Waals surface area (Å²) < 4.78 is 0. The molecule has 18 heavy (non-hydrogen) atoms. The van der Waals surface area contributed by atoms with Gasteiger partial charge in [0.05, 0.1) is 0 Å². The Morgan fingerprint density at radius 2 is 2.22 bits per heavy atom. The first-order valence-corrected chi connectivity index (χ1v) is 6.14. The van der Waals surface area contributed by atoms with E-state index in [9.17, 15) is 4.79 Å². The SMILES string of the molecule is CN(C/C=C/c1ccccc1)C(=O)[C@@H]1C=CCN1. The number of nitrogens with one attached hydrogen (secondary N) is 1. The molecule has 0 aliphatic carbocycles. The smallest absolute Gasteiger partial charge is 0.243 e. The quantitative estimate of drug-likeness (QED) is 0.815. The number of rotatable bonds is 4. The molecular weight excluding hydrogens is 224 g/mol. The van der Waals surface area contributed by atoms with Crippen LogP contribution >= 0.6 is 0 Å². The molecule has 1 aromatic carbocycles. The third kappa shape index (κ3) is 3.31. The minimum atomic E-state index is -0.153. The van der Waals surface area contributed by atoms with Crippen LogP contribution in [-0.4, -0.2) is 37.0 Å². The molecule has 0 fully saturated rings. The molecule has 2 rings (SSSR count). The highest BCUT2D eigenvalue weighted by atomic mass is 16.2. The Hall–Kier alpha value is -1.87. The van der Waals surface area contributed by atoms with Crippen molar-refractivity contribution in [3.63, 3.8) is 0 Å². The average Bonchev–Trinajstić information content (AvgIpc) is 2.93. The molecular formula is C15H18N2O. The van der Waals surface area contributed by atoms with Gasteiger partial charge in [0.15, 0.2) is 0 Å². The largest absolute Gasteiger partial charge is 0.340 e. The minimum absolute atomic E-state index is 0.112. The molecule has 0 saturated carbocycles. The first kappa shape index (κ1) is 12.6. The Kier molecular flexibility index (Phi) is 4.31. The third-order valence-electron chi connectivity index (χ3n) is 2.92. The third-order valence-corrected chi connectivity index (χ3v) is 2.92. The molecule has 0 saturated heterocycles. The summed E-state index contributed by atoms with van der Waals surface area (Å²) >= 11 is 0. The van der Waals surface area contributed by atoms with Crippen molar-refractivity contribution in [3.8, 4) is 0 Å². The molecule has 1 aromatic rings. The van der Waals surface area contributed by atoms with E-state index in [1.807, 2.05) is 61.7 Å². The molecule has 1 aliphatic heterocycles. The standard InChI is InChI=1S/C15H18N2O/c1-17(15(18)14-10-5-11-16-14)12-6-9-13-7-3-2-4-8-13/h2-10,14,16H,11-12H2,1H3/b9-6+/t14-/m0/s1. The van der Waals surface area contributed by atoms with Gasteiger partial charge in [-0.1, -0.05) is 54.6 Å². The maximum Gasteiger partial charge on any atom is 0.243 e. The predicted octanol–water partition coefficient (Wildman–Crippen LogP) is 1.69. The van der Waals surface area contributed by atoms with E-state index in [4.69, 9.17) is 0 Å². The van der Waals surface area contributed by atoms with E-state index >= 15 is 0 Å². The summed E-state index contributed by atoms with van der Waals surface area (Å²) in [5, 5.41) is 3.12. The Labute approximate surface area is 108 Å². The second kappa shape index (κ2) is 6.17. The number of carbonyl (C=O) groups is 1. The van der Waals surface area contributed by atoms with Gasteiger partial charge >= 0.3 is 0 Å². The van der Waals surface area contributed by atoms with Crippen LogP contribution in [0.4, 0.5) is 0 Å². The van der Waals surface area contributed by atoms with Crippen molar-refractivity contribution in [2.24, 2.45) is 0 Å².